The second-order valence-corrected chi connectivity index (χ2v) is 4.42. The third kappa shape index (κ3) is 2.76. The minimum absolute atomic E-state index is 0.108. The van der Waals surface area contributed by atoms with E-state index >= 15 is 0 Å². The molecular formula is C12H15FN2O3. The first-order valence-corrected chi connectivity index (χ1v) is 5.87. The highest BCUT2D eigenvalue weighted by Crippen LogP contribution is 2.27. The summed E-state index contributed by atoms with van der Waals surface area (Å²) >= 11 is 0. The number of anilines is 1. The molecule has 1 N–H and O–H groups in total. The van der Waals surface area contributed by atoms with Crippen LogP contribution in [0.5, 0.6) is 0 Å². The van der Waals surface area contributed by atoms with Crippen molar-refractivity contribution in [1.82, 2.24) is 0 Å². The standard InChI is InChI=1S/C12H15FN2O3/c1-8-9(4-5-18-8)7-14-11-6-10(13)2-3-12(11)15(16)17/h2-3,6,8-9,14H,4-5,7H2,1H3. The fraction of sp³-hybridized carbons (Fsp3) is 0.500. The van der Waals surface area contributed by atoms with Crippen LogP contribution in [0.15, 0.2) is 18.2 Å². The lowest BCUT2D eigenvalue weighted by molar-refractivity contribution is -0.384. The maximum atomic E-state index is 13.1. The van der Waals surface area contributed by atoms with Crippen molar-refractivity contribution in [2.24, 2.45) is 5.92 Å². The third-order valence-electron chi connectivity index (χ3n) is 3.24. The van der Waals surface area contributed by atoms with Gasteiger partial charge in [-0.1, -0.05) is 0 Å². The summed E-state index contributed by atoms with van der Waals surface area (Å²) in [6, 6.07) is 3.41. The van der Waals surface area contributed by atoms with Gasteiger partial charge < -0.3 is 10.1 Å². The van der Waals surface area contributed by atoms with E-state index in [1.165, 1.54) is 6.07 Å². The summed E-state index contributed by atoms with van der Waals surface area (Å²) in [7, 11) is 0. The fourth-order valence-corrected chi connectivity index (χ4v) is 2.09. The first-order chi connectivity index (χ1) is 8.58. The van der Waals surface area contributed by atoms with Gasteiger partial charge >= 0.3 is 0 Å². The zero-order chi connectivity index (χ0) is 13.1. The van der Waals surface area contributed by atoms with Crippen LogP contribution < -0.4 is 5.32 Å². The molecule has 1 aliphatic rings. The normalized spacial score (nSPS) is 23.0. The van der Waals surface area contributed by atoms with E-state index < -0.39 is 10.7 Å². The number of nitro groups is 1. The Morgan fingerprint density at radius 1 is 1.61 bits per heavy atom. The molecule has 0 amide bonds. The lowest BCUT2D eigenvalue weighted by atomic mass is 10.0. The number of nitrogens with zero attached hydrogens (tertiary/aromatic N) is 1. The molecule has 6 heteroatoms. The maximum absolute atomic E-state index is 13.1. The summed E-state index contributed by atoms with van der Waals surface area (Å²) < 4.78 is 18.5. The molecule has 1 saturated heterocycles. The highest BCUT2D eigenvalue weighted by Gasteiger charge is 2.24. The smallest absolute Gasteiger partial charge is 0.292 e. The molecule has 0 spiro atoms. The van der Waals surface area contributed by atoms with Crippen molar-refractivity contribution in [2.45, 2.75) is 19.4 Å². The lowest BCUT2D eigenvalue weighted by Crippen LogP contribution is -2.21. The Bertz CT molecular complexity index is 453. The van der Waals surface area contributed by atoms with Gasteiger partial charge in [0, 0.05) is 31.2 Å². The Kier molecular flexibility index (Phi) is 3.76. The van der Waals surface area contributed by atoms with Crippen molar-refractivity contribution >= 4 is 11.4 Å². The molecule has 1 fully saturated rings. The second-order valence-electron chi connectivity index (χ2n) is 4.42. The molecule has 1 heterocycles. The van der Waals surface area contributed by atoms with Crippen LogP contribution in [0.1, 0.15) is 13.3 Å². The minimum atomic E-state index is -0.518. The molecule has 18 heavy (non-hydrogen) atoms. The molecule has 2 rings (SSSR count). The van der Waals surface area contributed by atoms with E-state index in [9.17, 15) is 14.5 Å². The van der Waals surface area contributed by atoms with E-state index in [2.05, 4.69) is 5.32 Å². The molecule has 2 unspecified atom stereocenters. The van der Waals surface area contributed by atoms with Crippen LogP contribution in [0.4, 0.5) is 15.8 Å². The second kappa shape index (κ2) is 5.30. The third-order valence-corrected chi connectivity index (χ3v) is 3.24. The van der Waals surface area contributed by atoms with Crippen molar-refractivity contribution in [1.29, 1.82) is 0 Å². The zero-order valence-corrected chi connectivity index (χ0v) is 10.1. The highest BCUT2D eigenvalue weighted by molar-refractivity contribution is 5.61. The van der Waals surface area contributed by atoms with Gasteiger partial charge in [0.1, 0.15) is 11.5 Å². The van der Waals surface area contributed by atoms with Gasteiger partial charge in [0.25, 0.3) is 5.69 Å². The summed E-state index contributed by atoms with van der Waals surface area (Å²) in [6.07, 6.45) is 1.04. The van der Waals surface area contributed by atoms with Crippen LogP contribution in [0.2, 0.25) is 0 Å². The van der Waals surface area contributed by atoms with Gasteiger partial charge in [0.2, 0.25) is 0 Å². The average molecular weight is 254 g/mol. The van der Waals surface area contributed by atoms with E-state index in [0.717, 1.165) is 18.6 Å². The number of hydrogen-bond acceptors (Lipinski definition) is 4. The van der Waals surface area contributed by atoms with E-state index in [1.807, 2.05) is 6.92 Å². The predicted octanol–water partition coefficient (Wildman–Crippen LogP) is 2.57. The summed E-state index contributed by atoms with van der Waals surface area (Å²) in [5.41, 5.74) is 0.113. The number of hydrogen-bond donors (Lipinski definition) is 1. The van der Waals surface area contributed by atoms with Gasteiger partial charge in [-0.05, 0) is 19.4 Å². The largest absolute Gasteiger partial charge is 0.379 e. The van der Waals surface area contributed by atoms with E-state index in [0.29, 0.717) is 19.1 Å². The van der Waals surface area contributed by atoms with Gasteiger partial charge in [-0.25, -0.2) is 4.39 Å². The molecule has 98 valence electrons. The highest BCUT2D eigenvalue weighted by atomic mass is 19.1. The monoisotopic (exact) mass is 254 g/mol. The SMILES string of the molecule is CC1OCCC1CNc1cc(F)ccc1[N+](=O)[O-]. The zero-order valence-electron chi connectivity index (χ0n) is 10.1. The summed E-state index contributed by atoms with van der Waals surface area (Å²) in [6.45, 7) is 3.23. The number of rotatable bonds is 4. The topological polar surface area (TPSA) is 64.4 Å². The van der Waals surface area contributed by atoms with E-state index in [-0.39, 0.29) is 17.5 Å². The van der Waals surface area contributed by atoms with Gasteiger partial charge in [0.05, 0.1) is 11.0 Å². The number of benzene rings is 1. The molecule has 0 aromatic heterocycles. The van der Waals surface area contributed by atoms with Crippen molar-refractivity contribution < 1.29 is 14.1 Å². The Balaban J connectivity index is 2.08. The van der Waals surface area contributed by atoms with Crippen molar-refractivity contribution in [3.8, 4) is 0 Å². The van der Waals surface area contributed by atoms with Gasteiger partial charge in [-0.15, -0.1) is 0 Å². The van der Waals surface area contributed by atoms with Crippen molar-refractivity contribution in [3.63, 3.8) is 0 Å². The van der Waals surface area contributed by atoms with E-state index in [1.54, 1.807) is 0 Å². The van der Waals surface area contributed by atoms with Crippen molar-refractivity contribution in [3.05, 3.63) is 34.1 Å². The molecule has 1 aromatic rings. The summed E-state index contributed by atoms with van der Waals surface area (Å²) in [5.74, 6) is -0.188. The Hall–Kier alpha value is -1.69. The molecule has 0 saturated carbocycles. The van der Waals surface area contributed by atoms with Gasteiger partial charge in [-0.3, -0.25) is 10.1 Å². The van der Waals surface area contributed by atoms with Crippen LogP contribution in [0.3, 0.4) is 0 Å². The molecule has 5 nitrogen and oxygen atoms in total. The molecule has 0 bridgehead atoms. The van der Waals surface area contributed by atoms with Crippen LogP contribution in [-0.4, -0.2) is 24.2 Å². The molecule has 1 aliphatic heterocycles. The number of nitrogens with one attached hydrogen (secondary N) is 1. The molecule has 0 aliphatic carbocycles. The van der Waals surface area contributed by atoms with Crippen molar-refractivity contribution in [2.75, 3.05) is 18.5 Å². The first-order valence-electron chi connectivity index (χ1n) is 5.87. The molecule has 0 radical (unpaired) electrons. The van der Waals surface area contributed by atoms with Crippen LogP contribution in [0, 0.1) is 21.8 Å². The lowest BCUT2D eigenvalue weighted by Gasteiger charge is -2.15. The molecule has 1 aromatic carbocycles. The maximum Gasteiger partial charge on any atom is 0.292 e. The number of ether oxygens (including phenoxy) is 1. The number of halogens is 1. The molecular weight excluding hydrogens is 239 g/mol. The predicted molar refractivity (Wildman–Crippen MR) is 65.1 cm³/mol. The Morgan fingerprint density at radius 2 is 2.39 bits per heavy atom. The minimum Gasteiger partial charge on any atom is -0.379 e. The average Bonchev–Trinajstić information content (AvgIpc) is 2.72. The van der Waals surface area contributed by atoms with Crippen LogP contribution in [0.25, 0.3) is 0 Å². The van der Waals surface area contributed by atoms with E-state index in [4.69, 9.17) is 4.74 Å². The summed E-state index contributed by atoms with van der Waals surface area (Å²) in [5, 5.41) is 13.8. The Labute approximate surface area is 104 Å². The Morgan fingerprint density at radius 3 is 3.00 bits per heavy atom. The van der Waals surface area contributed by atoms with Gasteiger partial charge in [-0.2, -0.15) is 0 Å². The quantitative estimate of drug-likeness (QED) is 0.662. The van der Waals surface area contributed by atoms with Gasteiger partial charge in [0.15, 0.2) is 0 Å². The number of nitro benzene ring substituents is 1. The first kappa shape index (κ1) is 12.8. The van der Waals surface area contributed by atoms with Crippen LogP contribution in [-0.2, 0) is 4.74 Å². The fourth-order valence-electron chi connectivity index (χ4n) is 2.09. The van der Waals surface area contributed by atoms with Crippen LogP contribution >= 0.6 is 0 Å². The molecule has 2 atom stereocenters. The summed E-state index contributed by atoms with van der Waals surface area (Å²) in [4.78, 5) is 10.3.